The molecule has 2 rings (SSSR count). The first-order valence-electron chi connectivity index (χ1n) is 6.92. The van der Waals surface area contributed by atoms with Crippen molar-refractivity contribution < 1.29 is 0 Å². The number of anilines is 1. The molecule has 0 N–H and O–H groups in total. The third-order valence-electron chi connectivity index (χ3n) is 3.56. The largest absolute Gasteiger partial charge is 0.369 e. The van der Waals surface area contributed by atoms with Crippen LogP contribution in [0.25, 0.3) is 0 Å². The summed E-state index contributed by atoms with van der Waals surface area (Å²) in [6.07, 6.45) is 0. The van der Waals surface area contributed by atoms with E-state index in [0.29, 0.717) is 0 Å². The number of hydrogen-bond acceptors (Lipinski definition) is 2. The maximum atomic E-state index is 6.28. The van der Waals surface area contributed by atoms with Gasteiger partial charge in [0.2, 0.25) is 0 Å². The van der Waals surface area contributed by atoms with Gasteiger partial charge in [0.25, 0.3) is 0 Å². The molecule has 0 aromatic heterocycles. The Kier molecular flexibility index (Phi) is 5.55. The highest BCUT2D eigenvalue weighted by Gasteiger charge is 2.20. The highest BCUT2D eigenvalue weighted by Crippen LogP contribution is 2.30. The SMILES string of the molecule is CC(C)CN1CCN(c2cccc(Cl)c2CBr)CC1. The van der Waals surface area contributed by atoms with E-state index in [-0.39, 0.29) is 0 Å². The summed E-state index contributed by atoms with van der Waals surface area (Å²) in [4.78, 5) is 5.01. The van der Waals surface area contributed by atoms with Gasteiger partial charge in [0.1, 0.15) is 0 Å². The summed E-state index contributed by atoms with van der Waals surface area (Å²) in [6, 6.07) is 6.20. The van der Waals surface area contributed by atoms with E-state index in [2.05, 4.69) is 45.6 Å². The van der Waals surface area contributed by atoms with E-state index in [0.717, 1.165) is 42.4 Å². The quantitative estimate of drug-likeness (QED) is 0.761. The van der Waals surface area contributed by atoms with Crippen LogP contribution in [0.5, 0.6) is 0 Å². The van der Waals surface area contributed by atoms with Crippen molar-refractivity contribution in [2.24, 2.45) is 5.92 Å². The molecule has 1 heterocycles. The summed E-state index contributed by atoms with van der Waals surface area (Å²) in [5.74, 6) is 0.746. The Bertz CT molecular complexity index is 415. The van der Waals surface area contributed by atoms with Gasteiger partial charge in [0, 0.05) is 54.3 Å². The lowest BCUT2D eigenvalue weighted by atomic mass is 10.1. The number of benzene rings is 1. The van der Waals surface area contributed by atoms with E-state index in [4.69, 9.17) is 11.6 Å². The van der Waals surface area contributed by atoms with E-state index in [1.165, 1.54) is 17.8 Å². The van der Waals surface area contributed by atoms with E-state index in [9.17, 15) is 0 Å². The second-order valence-corrected chi connectivity index (χ2v) is 6.52. The standard InChI is InChI=1S/C15H22BrClN2/c1-12(2)11-18-6-8-19(9-7-18)15-5-3-4-14(17)13(15)10-16/h3-5,12H,6-11H2,1-2H3. The van der Waals surface area contributed by atoms with Crippen molar-refractivity contribution in [2.75, 3.05) is 37.6 Å². The lowest BCUT2D eigenvalue weighted by Crippen LogP contribution is -2.47. The molecule has 0 unspecified atom stereocenters. The van der Waals surface area contributed by atoms with Crippen LogP contribution in [-0.2, 0) is 5.33 Å². The summed E-state index contributed by atoms with van der Waals surface area (Å²) in [6.45, 7) is 10.2. The smallest absolute Gasteiger partial charge is 0.0467 e. The molecule has 106 valence electrons. The zero-order chi connectivity index (χ0) is 13.8. The fourth-order valence-corrected chi connectivity index (χ4v) is 3.65. The van der Waals surface area contributed by atoms with Gasteiger partial charge in [-0.3, -0.25) is 4.90 Å². The molecule has 4 heteroatoms. The van der Waals surface area contributed by atoms with Gasteiger partial charge >= 0.3 is 0 Å². The summed E-state index contributed by atoms with van der Waals surface area (Å²) >= 11 is 9.83. The first kappa shape index (κ1) is 15.1. The molecule has 0 spiro atoms. The van der Waals surface area contributed by atoms with E-state index in [1.807, 2.05) is 12.1 Å². The van der Waals surface area contributed by atoms with Crippen LogP contribution in [0.3, 0.4) is 0 Å². The van der Waals surface area contributed by atoms with Crippen molar-refractivity contribution in [1.29, 1.82) is 0 Å². The molecule has 19 heavy (non-hydrogen) atoms. The molecule has 1 aliphatic rings. The normalized spacial score (nSPS) is 17.2. The molecule has 1 fully saturated rings. The molecule has 2 nitrogen and oxygen atoms in total. The minimum Gasteiger partial charge on any atom is -0.369 e. The summed E-state index contributed by atoms with van der Waals surface area (Å²) in [7, 11) is 0. The molecular weight excluding hydrogens is 324 g/mol. The fraction of sp³-hybridized carbons (Fsp3) is 0.600. The van der Waals surface area contributed by atoms with Gasteiger partial charge in [-0.05, 0) is 18.1 Å². The molecule has 0 atom stereocenters. The van der Waals surface area contributed by atoms with Gasteiger partial charge in [-0.2, -0.15) is 0 Å². The average Bonchev–Trinajstić information content (AvgIpc) is 2.38. The number of hydrogen-bond donors (Lipinski definition) is 0. The Balaban J connectivity index is 2.03. The molecule has 1 aromatic carbocycles. The molecule has 0 saturated carbocycles. The van der Waals surface area contributed by atoms with Crippen molar-refractivity contribution in [3.05, 3.63) is 28.8 Å². The van der Waals surface area contributed by atoms with E-state index < -0.39 is 0 Å². The van der Waals surface area contributed by atoms with Crippen LogP contribution in [0.15, 0.2) is 18.2 Å². The molecule has 1 saturated heterocycles. The molecule has 0 amide bonds. The average molecular weight is 346 g/mol. The van der Waals surface area contributed by atoms with Crippen molar-refractivity contribution in [2.45, 2.75) is 19.2 Å². The van der Waals surface area contributed by atoms with Crippen LogP contribution in [-0.4, -0.2) is 37.6 Å². The van der Waals surface area contributed by atoms with Crippen molar-refractivity contribution >= 4 is 33.2 Å². The van der Waals surface area contributed by atoms with Crippen LogP contribution >= 0.6 is 27.5 Å². The maximum absolute atomic E-state index is 6.28. The van der Waals surface area contributed by atoms with Crippen molar-refractivity contribution in [3.8, 4) is 0 Å². The number of alkyl halides is 1. The monoisotopic (exact) mass is 344 g/mol. The second-order valence-electron chi connectivity index (χ2n) is 5.55. The van der Waals surface area contributed by atoms with Crippen LogP contribution < -0.4 is 4.90 Å². The van der Waals surface area contributed by atoms with Crippen molar-refractivity contribution in [1.82, 2.24) is 4.90 Å². The zero-order valence-corrected chi connectivity index (χ0v) is 14.0. The fourth-order valence-electron chi connectivity index (χ4n) is 2.66. The third kappa shape index (κ3) is 3.87. The lowest BCUT2D eigenvalue weighted by molar-refractivity contribution is 0.231. The molecule has 1 aromatic rings. The summed E-state index contributed by atoms with van der Waals surface area (Å²) < 4.78 is 0. The van der Waals surface area contributed by atoms with Gasteiger partial charge in [-0.25, -0.2) is 0 Å². The highest BCUT2D eigenvalue weighted by molar-refractivity contribution is 9.08. The Labute approximate surface area is 129 Å². The number of rotatable bonds is 4. The van der Waals surface area contributed by atoms with Gasteiger partial charge in [-0.1, -0.05) is 47.4 Å². The minimum atomic E-state index is 0.746. The van der Waals surface area contributed by atoms with E-state index in [1.54, 1.807) is 0 Å². The molecule has 0 radical (unpaired) electrons. The van der Waals surface area contributed by atoms with Gasteiger partial charge in [0.05, 0.1) is 0 Å². The molecule has 1 aliphatic heterocycles. The molecular formula is C15H22BrClN2. The van der Waals surface area contributed by atoms with E-state index >= 15 is 0 Å². The second kappa shape index (κ2) is 6.96. The Morgan fingerprint density at radius 3 is 2.47 bits per heavy atom. The predicted octanol–water partition coefficient (Wildman–Crippen LogP) is 4.01. The lowest BCUT2D eigenvalue weighted by Gasteiger charge is -2.37. The number of piperazine rings is 1. The van der Waals surface area contributed by atoms with Crippen LogP contribution in [0.2, 0.25) is 5.02 Å². The maximum Gasteiger partial charge on any atom is 0.0467 e. The summed E-state index contributed by atoms with van der Waals surface area (Å²) in [5.41, 5.74) is 2.50. The van der Waals surface area contributed by atoms with Crippen molar-refractivity contribution in [3.63, 3.8) is 0 Å². The predicted molar refractivity (Wildman–Crippen MR) is 87.6 cm³/mol. The van der Waals surface area contributed by atoms with Crippen LogP contribution in [0.1, 0.15) is 19.4 Å². The summed E-state index contributed by atoms with van der Waals surface area (Å²) in [5, 5.41) is 1.67. The Hall–Kier alpha value is -0.250. The minimum absolute atomic E-state index is 0.746. The van der Waals surface area contributed by atoms with Gasteiger partial charge < -0.3 is 4.90 Å². The Morgan fingerprint density at radius 2 is 1.89 bits per heavy atom. The topological polar surface area (TPSA) is 6.48 Å². The first-order chi connectivity index (χ1) is 9.11. The van der Waals surface area contributed by atoms with Gasteiger partial charge in [-0.15, -0.1) is 0 Å². The molecule has 0 bridgehead atoms. The third-order valence-corrected chi connectivity index (χ3v) is 4.48. The Morgan fingerprint density at radius 1 is 1.21 bits per heavy atom. The first-order valence-corrected chi connectivity index (χ1v) is 8.42. The highest BCUT2D eigenvalue weighted by atomic mass is 79.9. The van der Waals surface area contributed by atoms with Crippen LogP contribution in [0.4, 0.5) is 5.69 Å². The van der Waals surface area contributed by atoms with Crippen LogP contribution in [0, 0.1) is 5.92 Å². The zero-order valence-electron chi connectivity index (χ0n) is 11.7. The molecule has 0 aliphatic carbocycles. The number of halogens is 2. The number of nitrogens with zero attached hydrogens (tertiary/aromatic N) is 2. The van der Waals surface area contributed by atoms with Gasteiger partial charge in [0.15, 0.2) is 0 Å².